The molecule has 0 bridgehead atoms. The van der Waals surface area contributed by atoms with Crippen LogP contribution < -0.4 is 20.5 Å². The van der Waals surface area contributed by atoms with E-state index in [-0.39, 0.29) is 17.2 Å². The van der Waals surface area contributed by atoms with Crippen molar-refractivity contribution in [2.45, 2.75) is 6.92 Å². The Morgan fingerprint density at radius 3 is 2.72 bits per heavy atom. The highest BCUT2D eigenvalue weighted by Crippen LogP contribution is 2.27. The van der Waals surface area contributed by atoms with Gasteiger partial charge in [0.05, 0.1) is 25.6 Å². The molecule has 0 fully saturated rings. The topological polar surface area (TPSA) is 122 Å². The van der Waals surface area contributed by atoms with E-state index in [4.69, 9.17) is 14.2 Å². The molecule has 0 aliphatic carbocycles. The van der Waals surface area contributed by atoms with Crippen LogP contribution >= 0.6 is 0 Å². The molecule has 3 aromatic rings. The molecule has 3 rings (SSSR count). The van der Waals surface area contributed by atoms with Crippen LogP contribution in [0.4, 0.5) is 5.95 Å². The first kappa shape index (κ1) is 22.5. The van der Waals surface area contributed by atoms with E-state index in [0.29, 0.717) is 36.9 Å². The van der Waals surface area contributed by atoms with Crippen LogP contribution in [0.5, 0.6) is 11.5 Å². The molecule has 0 spiro atoms. The molecule has 0 amide bonds. The van der Waals surface area contributed by atoms with E-state index in [1.165, 1.54) is 0 Å². The lowest BCUT2D eigenvalue weighted by Crippen LogP contribution is -2.16. The lowest BCUT2D eigenvalue weighted by molar-refractivity contribution is 0.109. The number of aromatic amines is 1. The third-order valence-electron chi connectivity index (χ3n) is 4.34. The van der Waals surface area contributed by atoms with E-state index in [0.717, 1.165) is 5.56 Å². The number of H-pyrrole nitrogens is 1. The summed E-state index contributed by atoms with van der Waals surface area (Å²) >= 11 is 0. The second kappa shape index (κ2) is 11.3. The molecule has 0 aliphatic heterocycles. The summed E-state index contributed by atoms with van der Waals surface area (Å²) < 4.78 is 16.3. The summed E-state index contributed by atoms with van der Waals surface area (Å²) in [5, 5.41) is 13.5. The van der Waals surface area contributed by atoms with Crippen molar-refractivity contribution in [2.75, 3.05) is 32.4 Å². The Hall–Kier alpha value is -4.16. The van der Waals surface area contributed by atoms with Crippen LogP contribution in [0.1, 0.15) is 18.1 Å². The van der Waals surface area contributed by atoms with Crippen molar-refractivity contribution in [1.82, 2.24) is 9.97 Å². The minimum atomic E-state index is -0.548. The van der Waals surface area contributed by atoms with Gasteiger partial charge in [-0.05, 0) is 30.7 Å². The van der Waals surface area contributed by atoms with Crippen molar-refractivity contribution < 1.29 is 14.2 Å². The molecule has 9 heteroatoms. The number of aromatic nitrogens is 2. The fourth-order valence-corrected chi connectivity index (χ4v) is 2.84. The first-order valence-corrected chi connectivity index (χ1v) is 9.93. The third-order valence-corrected chi connectivity index (χ3v) is 4.34. The average Bonchev–Trinajstić information content (AvgIpc) is 2.82. The Morgan fingerprint density at radius 1 is 1.19 bits per heavy atom. The van der Waals surface area contributed by atoms with Crippen LogP contribution in [-0.4, -0.2) is 43.1 Å². The Labute approximate surface area is 185 Å². The van der Waals surface area contributed by atoms with E-state index in [1.54, 1.807) is 37.6 Å². The van der Waals surface area contributed by atoms with Gasteiger partial charge in [-0.15, -0.1) is 0 Å². The summed E-state index contributed by atoms with van der Waals surface area (Å²) in [5.74, 6) is 1.27. The standard InChI is InChI=1S/C23H23N5O4/c1-3-31-11-12-32-20-13-16(9-10-19(20)30-2)15-25-28-23-26-21(17-7-5-4-6-8-17)18(14-24)22(29)27-23/h4-10,13,15H,3,11-12H2,1-2H3,(H2,26,27,28,29). The molecule has 1 heterocycles. The predicted octanol–water partition coefficient (Wildman–Crippen LogP) is 3.18. The third kappa shape index (κ3) is 5.71. The van der Waals surface area contributed by atoms with E-state index < -0.39 is 5.56 Å². The van der Waals surface area contributed by atoms with Crippen LogP contribution in [0.2, 0.25) is 0 Å². The van der Waals surface area contributed by atoms with Gasteiger partial charge in [-0.2, -0.15) is 10.4 Å². The second-order valence-corrected chi connectivity index (χ2v) is 6.44. The quantitative estimate of drug-likeness (QED) is 0.286. The number of rotatable bonds is 10. The highest BCUT2D eigenvalue weighted by molar-refractivity contribution is 5.81. The maximum absolute atomic E-state index is 12.3. The molecule has 164 valence electrons. The molecule has 0 radical (unpaired) electrons. The average molecular weight is 433 g/mol. The van der Waals surface area contributed by atoms with Gasteiger partial charge in [0.1, 0.15) is 18.2 Å². The number of hydrogen-bond donors (Lipinski definition) is 2. The van der Waals surface area contributed by atoms with Gasteiger partial charge in [0, 0.05) is 12.2 Å². The normalized spacial score (nSPS) is 10.7. The van der Waals surface area contributed by atoms with Crippen molar-refractivity contribution in [3.05, 3.63) is 70.0 Å². The number of nitrogens with zero attached hydrogens (tertiary/aromatic N) is 3. The maximum Gasteiger partial charge on any atom is 0.270 e. The number of benzene rings is 2. The fourth-order valence-electron chi connectivity index (χ4n) is 2.84. The van der Waals surface area contributed by atoms with Gasteiger partial charge in [0.25, 0.3) is 5.56 Å². The van der Waals surface area contributed by atoms with Crippen LogP contribution in [0.3, 0.4) is 0 Å². The highest BCUT2D eigenvalue weighted by atomic mass is 16.5. The van der Waals surface area contributed by atoms with Crippen molar-refractivity contribution in [3.8, 4) is 28.8 Å². The first-order chi connectivity index (χ1) is 15.7. The number of anilines is 1. The molecule has 0 unspecified atom stereocenters. The molecule has 1 aromatic heterocycles. The summed E-state index contributed by atoms with van der Waals surface area (Å²) in [6.45, 7) is 3.41. The molecular formula is C23H23N5O4. The Balaban J connectivity index is 1.78. The van der Waals surface area contributed by atoms with Gasteiger partial charge >= 0.3 is 0 Å². The maximum atomic E-state index is 12.3. The van der Waals surface area contributed by atoms with Gasteiger partial charge in [0.2, 0.25) is 5.95 Å². The molecule has 0 saturated carbocycles. The van der Waals surface area contributed by atoms with Gasteiger partial charge in [-0.25, -0.2) is 10.4 Å². The molecule has 2 aromatic carbocycles. The summed E-state index contributed by atoms with van der Waals surface area (Å²) in [6.07, 6.45) is 1.55. The smallest absolute Gasteiger partial charge is 0.270 e. The molecular weight excluding hydrogens is 410 g/mol. The minimum Gasteiger partial charge on any atom is -0.493 e. The Bertz CT molecular complexity index is 1170. The summed E-state index contributed by atoms with van der Waals surface area (Å²) in [4.78, 5) is 19.2. The largest absolute Gasteiger partial charge is 0.493 e. The van der Waals surface area contributed by atoms with Crippen molar-refractivity contribution in [2.24, 2.45) is 5.10 Å². The van der Waals surface area contributed by atoms with E-state index in [1.807, 2.05) is 37.3 Å². The van der Waals surface area contributed by atoms with Crippen molar-refractivity contribution in [3.63, 3.8) is 0 Å². The molecule has 0 saturated heterocycles. The van der Waals surface area contributed by atoms with Crippen molar-refractivity contribution >= 4 is 12.2 Å². The zero-order chi connectivity index (χ0) is 22.8. The summed E-state index contributed by atoms with van der Waals surface area (Å²) in [6, 6.07) is 16.3. The number of nitrogens with one attached hydrogen (secondary N) is 2. The minimum absolute atomic E-state index is 0.0604. The lowest BCUT2D eigenvalue weighted by atomic mass is 10.1. The zero-order valence-corrected chi connectivity index (χ0v) is 17.8. The molecule has 2 N–H and O–H groups in total. The van der Waals surface area contributed by atoms with E-state index in [2.05, 4.69) is 20.5 Å². The van der Waals surface area contributed by atoms with Crippen LogP contribution in [0, 0.1) is 11.3 Å². The predicted molar refractivity (Wildman–Crippen MR) is 121 cm³/mol. The van der Waals surface area contributed by atoms with Gasteiger partial charge < -0.3 is 14.2 Å². The van der Waals surface area contributed by atoms with Gasteiger partial charge in [0.15, 0.2) is 11.5 Å². The van der Waals surface area contributed by atoms with Crippen molar-refractivity contribution in [1.29, 1.82) is 5.26 Å². The van der Waals surface area contributed by atoms with Gasteiger partial charge in [-0.3, -0.25) is 9.78 Å². The van der Waals surface area contributed by atoms with E-state index >= 15 is 0 Å². The second-order valence-electron chi connectivity index (χ2n) is 6.44. The first-order valence-electron chi connectivity index (χ1n) is 9.93. The number of nitriles is 1. The Morgan fingerprint density at radius 2 is 2.00 bits per heavy atom. The number of hydrazone groups is 1. The van der Waals surface area contributed by atoms with Crippen LogP contribution in [0.25, 0.3) is 11.3 Å². The molecule has 32 heavy (non-hydrogen) atoms. The lowest BCUT2D eigenvalue weighted by Gasteiger charge is -2.11. The van der Waals surface area contributed by atoms with Gasteiger partial charge in [-0.1, -0.05) is 30.3 Å². The number of methoxy groups -OCH3 is 1. The monoisotopic (exact) mass is 433 g/mol. The zero-order valence-electron chi connectivity index (χ0n) is 17.8. The highest BCUT2D eigenvalue weighted by Gasteiger charge is 2.13. The Kier molecular flexibility index (Phi) is 7.95. The van der Waals surface area contributed by atoms with Crippen LogP contribution in [0.15, 0.2) is 58.4 Å². The molecule has 9 nitrogen and oxygen atoms in total. The fraction of sp³-hybridized carbons (Fsp3) is 0.217. The SMILES string of the molecule is CCOCCOc1cc(C=NNc2nc(-c3ccccc3)c(C#N)c(=O)[nH]2)ccc1OC. The van der Waals surface area contributed by atoms with Crippen LogP contribution in [-0.2, 0) is 4.74 Å². The summed E-state index contributed by atoms with van der Waals surface area (Å²) in [5.41, 5.74) is 3.78. The molecule has 0 aliphatic rings. The number of hydrogen-bond acceptors (Lipinski definition) is 8. The number of ether oxygens (including phenoxy) is 3. The molecule has 0 atom stereocenters. The summed E-state index contributed by atoms with van der Waals surface area (Å²) in [7, 11) is 1.57. The van der Waals surface area contributed by atoms with E-state index in [9.17, 15) is 10.1 Å².